The van der Waals surface area contributed by atoms with Crippen molar-refractivity contribution in [2.24, 2.45) is 0 Å². The van der Waals surface area contributed by atoms with E-state index in [1.54, 1.807) is 34.9 Å². The lowest BCUT2D eigenvalue weighted by Gasteiger charge is -2.12. The van der Waals surface area contributed by atoms with Crippen molar-refractivity contribution in [3.8, 4) is 11.5 Å². The number of hydrogen-bond acceptors (Lipinski definition) is 6. The number of hydrogen-bond donors (Lipinski definition) is 1. The average molecular weight is 411 g/mol. The van der Waals surface area contributed by atoms with Gasteiger partial charge in [-0.2, -0.15) is 0 Å². The number of anilines is 1. The Labute approximate surface area is 172 Å². The van der Waals surface area contributed by atoms with Crippen molar-refractivity contribution in [2.75, 3.05) is 24.3 Å². The molecule has 1 N–H and O–H groups in total. The van der Waals surface area contributed by atoms with Crippen molar-refractivity contribution in [1.82, 2.24) is 9.55 Å². The Hall–Kier alpha value is -3.00. The van der Waals surface area contributed by atoms with Gasteiger partial charge in [0.1, 0.15) is 0 Å². The Balaban J connectivity index is 1.47. The number of carbonyl (C=O) groups excluding carboxylic acids is 1. The van der Waals surface area contributed by atoms with Gasteiger partial charge in [-0.1, -0.05) is 23.9 Å². The predicted molar refractivity (Wildman–Crippen MR) is 113 cm³/mol. The van der Waals surface area contributed by atoms with Gasteiger partial charge in [-0.25, -0.2) is 4.98 Å². The van der Waals surface area contributed by atoms with E-state index in [0.717, 1.165) is 6.42 Å². The van der Waals surface area contributed by atoms with Crippen LogP contribution in [0.3, 0.4) is 0 Å². The highest BCUT2D eigenvalue weighted by Gasteiger charge is 2.14. The zero-order chi connectivity index (χ0) is 20.2. The van der Waals surface area contributed by atoms with Crippen LogP contribution in [-0.2, 0) is 11.3 Å². The van der Waals surface area contributed by atoms with Crippen LogP contribution in [0.25, 0.3) is 10.9 Å². The molecule has 0 atom stereocenters. The van der Waals surface area contributed by atoms with Crippen molar-refractivity contribution < 1.29 is 14.3 Å². The normalized spacial score (nSPS) is 13.1. The molecule has 0 radical (unpaired) electrons. The Morgan fingerprint density at radius 3 is 2.79 bits per heavy atom. The van der Waals surface area contributed by atoms with Crippen molar-refractivity contribution in [3.63, 3.8) is 0 Å². The van der Waals surface area contributed by atoms with Gasteiger partial charge in [-0.15, -0.1) is 0 Å². The Morgan fingerprint density at radius 2 is 1.97 bits per heavy atom. The van der Waals surface area contributed by atoms with Crippen molar-refractivity contribution in [3.05, 3.63) is 52.8 Å². The van der Waals surface area contributed by atoms with E-state index in [4.69, 9.17) is 9.47 Å². The predicted octanol–water partition coefficient (Wildman–Crippen LogP) is 3.31. The largest absolute Gasteiger partial charge is 0.490 e. The summed E-state index contributed by atoms with van der Waals surface area (Å²) in [7, 11) is 0. The lowest BCUT2D eigenvalue weighted by molar-refractivity contribution is -0.113. The molecule has 2 aromatic carbocycles. The molecule has 0 fully saturated rings. The molecular weight excluding hydrogens is 390 g/mol. The van der Waals surface area contributed by atoms with Crippen LogP contribution in [0.1, 0.15) is 13.3 Å². The van der Waals surface area contributed by atoms with Gasteiger partial charge in [0.15, 0.2) is 16.7 Å². The third-order valence-corrected chi connectivity index (χ3v) is 5.48. The summed E-state index contributed by atoms with van der Waals surface area (Å²) in [6.07, 6.45) is 0.824. The van der Waals surface area contributed by atoms with Crippen LogP contribution in [0.5, 0.6) is 11.5 Å². The molecule has 0 saturated heterocycles. The minimum Gasteiger partial charge on any atom is -0.490 e. The number of nitrogens with one attached hydrogen (secondary N) is 1. The first-order valence-electron chi connectivity index (χ1n) is 9.47. The Bertz CT molecular complexity index is 1110. The zero-order valence-corrected chi connectivity index (χ0v) is 16.8. The van der Waals surface area contributed by atoms with E-state index in [0.29, 0.717) is 53.0 Å². The molecule has 0 unspecified atom stereocenters. The Kier molecular flexibility index (Phi) is 5.71. The number of amides is 1. The van der Waals surface area contributed by atoms with Gasteiger partial charge < -0.3 is 14.8 Å². The highest BCUT2D eigenvalue weighted by Crippen LogP contribution is 2.32. The standard InChI is InChI=1S/C21H21N3O4S/c1-2-24-20(26)15-6-3-4-7-16(15)23-21(24)29-13-19(25)22-14-8-9-17-18(12-14)28-11-5-10-27-17/h3-4,6-9,12H,2,5,10-11,13H2,1H3,(H,22,25). The second kappa shape index (κ2) is 8.57. The number of para-hydroxylation sites is 1. The fourth-order valence-corrected chi connectivity index (χ4v) is 3.97. The van der Waals surface area contributed by atoms with E-state index in [-0.39, 0.29) is 17.2 Å². The third-order valence-electron chi connectivity index (χ3n) is 4.51. The summed E-state index contributed by atoms with van der Waals surface area (Å²) in [6, 6.07) is 12.6. The SMILES string of the molecule is CCn1c(SCC(=O)Nc2ccc3c(c2)OCCCO3)nc2ccccc2c1=O. The van der Waals surface area contributed by atoms with Crippen LogP contribution in [0.4, 0.5) is 5.69 Å². The smallest absolute Gasteiger partial charge is 0.262 e. The first kappa shape index (κ1) is 19.3. The van der Waals surface area contributed by atoms with Crippen LogP contribution >= 0.6 is 11.8 Å². The fourth-order valence-electron chi connectivity index (χ4n) is 3.10. The van der Waals surface area contributed by atoms with Gasteiger partial charge in [0.2, 0.25) is 5.91 Å². The maximum atomic E-state index is 12.7. The number of carbonyl (C=O) groups is 1. The molecule has 0 spiro atoms. The molecule has 3 aromatic rings. The summed E-state index contributed by atoms with van der Waals surface area (Å²) in [5.74, 6) is 1.26. The van der Waals surface area contributed by atoms with Crippen molar-refractivity contribution in [2.45, 2.75) is 25.0 Å². The minimum absolute atomic E-state index is 0.0936. The molecule has 1 aliphatic rings. The summed E-state index contributed by atoms with van der Waals surface area (Å²) in [5, 5.41) is 3.97. The van der Waals surface area contributed by atoms with Crippen molar-refractivity contribution in [1.29, 1.82) is 0 Å². The lowest BCUT2D eigenvalue weighted by atomic mass is 10.2. The second-order valence-electron chi connectivity index (χ2n) is 6.51. The molecule has 4 rings (SSSR count). The second-order valence-corrected chi connectivity index (χ2v) is 7.45. The maximum absolute atomic E-state index is 12.7. The third kappa shape index (κ3) is 4.22. The zero-order valence-electron chi connectivity index (χ0n) is 16.0. The molecular formula is C21H21N3O4S. The van der Waals surface area contributed by atoms with Gasteiger partial charge in [-0.3, -0.25) is 14.2 Å². The van der Waals surface area contributed by atoms with Gasteiger partial charge in [0.25, 0.3) is 5.56 Å². The first-order valence-corrected chi connectivity index (χ1v) is 10.5. The number of thioether (sulfide) groups is 1. The molecule has 29 heavy (non-hydrogen) atoms. The maximum Gasteiger partial charge on any atom is 0.262 e. The molecule has 1 aliphatic heterocycles. The fraction of sp³-hybridized carbons (Fsp3) is 0.286. The van der Waals surface area contributed by atoms with Crippen LogP contribution < -0.4 is 20.3 Å². The van der Waals surface area contributed by atoms with Crippen LogP contribution in [0, 0.1) is 0 Å². The molecule has 7 nitrogen and oxygen atoms in total. The van der Waals surface area contributed by atoms with E-state index in [9.17, 15) is 9.59 Å². The van der Waals surface area contributed by atoms with Crippen LogP contribution in [-0.4, -0.2) is 34.4 Å². The number of rotatable bonds is 5. The summed E-state index contributed by atoms with van der Waals surface area (Å²) in [4.78, 5) is 29.7. The molecule has 0 saturated carbocycles. The summed E-state index contributed by atoms with van der Waals surface area (Å²) < 4.78 is 12.8. The van der Waals surface area contributed by atoms with E-state index in [1.165, 1.54) is 11.8 Å². The van der Waals surface area contributed by atoms with Gasteiger partial charge in [0, 0.05) is 24.7 Å². The van der Waals surface area contributed by atoms with Gasteiger partial charge in [-0.05, 0) is 31.2 Å². The number of ether oxygens (including phenoxy) is 2. The molecule has 1 aromatic heterocycles. The van der Waals surface area contributed by atoms with E-state index in [1.807, 2.05) is 19.1 Å². The number of benzene rings is 2. The average Bonchev–Trinajstić information content (AvgIpc) is 2.97. The lowest BCUT2D eigenvalue weighted by Crippen LogP contribution is -2.23. The summed E-state index contributed by atoms with van der Waals surface area (Å²) >= 11 is 1.24. The van der Waals surface area contributed by atoms with Crippen LogP contribution in [0.2, 0.25) is 0 Å². The summed E-state index contributed by atoms with van der Waals surface area (Å²) in [5.41, 5.74) is 1.18. The van der Waals surface area contributed by atoms with E-state index >= 15 is 0 Å². The highest BCUT2D eigenvalue weighted by atomic mass is 32.2. The van der Waals surface area contributed by atoms with Crippen molar-refractivity contribution >= 4 is 34.3 Å². The molecule has 8 heteroatoms. The van der Waals surface area contributed by atoms with Gasteiger partial charge in [0.05, 0.1) is 29.9 Å². The molecule has 2 heterocycles. The highest BCUT2D eigenvalue weighted by molar-refractivity contribution is 7.99. The molecule has 0 bridgehead atoms. The number of aromatic nitrogens is 2. The molecule has 150 valence electrons. The first-order chi connectivity index (χ1) is 14.2. The van der Waals surface area contributed by atoms with Gasteiger partial charge >= 0.3 is 0 Å². The minimum atomic E-state index is -0.186. The quantitative estimate of drug-likeness (QED) is 0.512. The number of fused-ring (bicyclic) bond motifs is 2. The topological polar surface area (TPSA) is 82.5 Å². The Morgan fingerprint density at radius 1 is 1.17 bits per heavy atom. The van der Waals surface area contributed by atoms with E-state index in [2.05, 4.69) is 10.3 Å². The monoisotopic (exact) mass is 411 g/mol. The molecule has 0 aliphatic carbocycles. The van der Waals surface area contributed by atoms with E-state index < -0.39 is 0 Å². The number of nitrogens with zero attached hydrogens (tertiary/aromatic N) is 2. The van der Waals surface area contributed by atoms with Crippen LogP contribution in [0.15, 0.2) is 52.4 Å². The molecule has 1 amide bonds. The summed E-state index contributed by atoms with van der Waals surface area (Å²) in [6.45, 7) is 3.58.